The Morgan fingerprint density at radius 1 is 0.606 bits per heavy atom. The molecule has 0 aromatic carbocycles. The summed E-state index contributed by atoms with van der Waals surface area (Å²) < 4.78 is 0. The summed E-state index contributed by atoms with van der Waals surface area (Å²) in [5, 5.41) is 20.9. The van der Waals surface area contributed by atoms with Crippen molar-refractivity contribution in [3.8, 4) is 0 Å². The van der Waals surface area contributed by atoms with Crippen molar-refractivity contribution in [2.45, 2.75) is 117 Å². The van der Waals surface area contributed by atoms with Gasteiger partial charge in [-0.1, -0.05) is 61.5 Å². The highest BCUT2D eigenvalue weighted by Gasteiger charge is 2.41. The van der Waals surface area contributed by atoms with Gasteiger partial charge in [0.25, 0.3) is 0 Å². The third kappa shape index (κ3) is 12.9. The molecular weight excluding hydrogens is 871 g/mol. The summed E-state index contributed by atoms with van der Waals surface area (Å²) in [5.41, 5.74) is 12.0. The molecule has 0 amide bonds. The number of rotatable bonds is 15. The first-order valence-electron chi connectivity index (χ1n) is 24.2. The fourth-order valence-corrected chi connectivity index (χ4v) is 11.7. The van der Waals surface area contributed by atoms with Crippen LogP contribution in [0.4, 0.5) is 17.1 Å². The molecule has 0 saturated heterocycles. The van der Waals surface area contributed by atoms with Crippen molar-refractivity contribution in [3.05, 3.63) is 139 Å². The van der Waals surface area contributed by atoms with Crippen LogP contribution in [0.15, 0.2) is 100 Å². The molecule has 3 aliphatic heterocycles. The van der Waals surface area contributed by atoms with Gasteiger partial charge in [-0.05, 0) is 159 Å². The van der Waals surface area contributed by atoms with Gasteiger partial charge in [0.2, 0.25) is 0 Å². The molecule has 6 aromatic rings. The molecule has 6 aromatic heterocycles. The maximum absolute atomic E-state index is 4.65. The third-order valence-corrected chi connectivity index (χ3v) is 14.8. The molecule has 0 bridgehead atoms. The highest BCUT2D eigenvalue weighted by molar-refractivity contribution is 7.10. The van der Waals surface area contributed by atoms with E-state index in [1.54, 1.807) is 22.7 Å². The SMILES string of the molecule is CC.CC.CNCCC(c1cccs1)N1CC(C)(C)c2ncccc21.CNCCC(c1ccsc1)N1CC(C)(C)c2ncccc21.CNCCC(c1ccsc1)N1CCc2ncc(C)cc21. The van der Waals surface area contributed by atoms with Gasteiger partial charge in [-0.3, -0.25) is 15.0 Å². The number of hydrogen-bond acceptors (Lipinski definition) is 12. The van der Waals surface area contributed by atoms with Crippen LogP contribution in [-0.2, 0) is 17.3 Å². The lowest BCUT2D eigenvalue weighted by Gasteiger charge is -2.31. The number of anilines is 3. The van der Waals surface area contributed by atoms with E-state index in [4.69, 9.17) is 0 Å². The van der Waals surface area contributed by atoms with Crippen LogP contribution in [-0.4, -0.2) is 75.4 Å². The van der Waals surface area contributed by atoms with E-state index < -0.39 is 0 Å². The van der Waals surface area contributed by atoms with Gasteiger partial charge in [-0.15, -0.1) is 11.3 Å². The molecule has 0 spiro atoms. The van der Waals surface area contributed by atoms with Gasteiger partial charge >= 0.3 is 0 Å². The minimum atomic E-state index is 0.116. The molecule has 66 heavy (non-hydrogen) atoms. The molecule has 0 radical (unpaired) electrons. The van der Waals surface area contributed by atoms with E-state index in [1.807, 2.05) is 78.8 Å². The van der Waals surface area contributed by atoms with E-state index in [2.05, 4.69) is 162 Å². The molecule has 0 fully saturated rings. The van der Waals surface area contributed by atoms with E-state index in [0.29, 0.717) is 18.1 Å². The minimum Gasteiger partial charge on any atom is -0.363 e. The summed E-state index contributed by atoms with van der Waals surface area (Å²) in [6.07, 6.45) is 10.2. The predicted octanol–water partition coefficient (Wildman–Crippen LogP) is 12.4. The third-order valence-electron chi connectivity index (χ3n) is 12.4. The van der Waals surface area contributed by atoms with Crippen LogP contribution in [0.3, 0.4) is 0 Å². The highest BCUT2D eigenvalue weighted by atomic mass is 32.1. The first-order chi connectivity index (χ1) is 32.1. The summed E-state index contributed by atoms with van der Waals surface area (Å²) in [7, 11) is 6.07. The lowest BCUT2D eigenvalue weighted by molar-refractivity contribution is 0.491. The van der Waals surface area contributed by atoms with E-state index >= 15 is 0 Å². The minimum absolute atomic E-state index is 0.116. The van der Waals surface area contributed by atoms with Gasteiger partial charge in [0.15, 0.2) is 0 Å². The first kappa shape index (κ1) is 52.8. The summed E-state index contributed by atoms with van der Waals surface area (Å²) >= 11 is 5.41. The van der Waals surface area contributed by atoms with Crippen LogP contribution < -0.4 is 30.7 Å². The van der Waals surface area contributed by atoms with Crippen molar-refractivity contribution >= 4 is 51.1 Å². The van der Waals surface area contributed by atoms with Crippen LogP contribution in [0.5, 0.6) is 0 Å². The Balaban J connectivity index is 0.000000179. The van der Waals surface area contributed by atoms with Crippen LogP contribution in [0.2, 0.25) is 0 Å². The lowest BCUT2D eigenvalue weighted by atomic mass is 9.91. The predicted molar refractivity (Wildman–Crippen MR) is 289 cm³/mol. The van der Waals surface area contributed by atoms with Gasteiger partial charge in [-0.25, -0.2) is 0 Å². The summed E-state index contributed by atoms with van der Waals surface area (Å²) in [6.45, 7) is 25.5. The van der Waals surface area contributed by atoms with Crippen molar-refractivity contribution in [3.63, 3.8) is 0 Å². The summed E-state index contributed by atoms with van der Waals surface area (Å²) in [6, 6.07) is 21.1. The number of nitrogens with zero attached hydrogens (tertiary/aromatic N) is 6. The zero-order valence-corrected chi connectivity index (χ0v) is 44.5. The quantitative estimate of drug-likeness (QED) is 0.0932. The second kappa shape index (κ2) is 25.8. The fraction of sp³-hybridized carbons (Fsp3) is 0.500. The van der Waals surface area contributed by atoms with Crippen LogP contribution in [0, 0.1) is 6.92 Å². The number of hydrogen-bond donors (Lipinski definition) is 3. The van der Waals surface area contributed by atoms with Crippen LogP contribution >= 0.6 is 34.0 Å². The Kier molecular flexibility index (Phi) is 20.7. The average Bonchev–Trinajstić information content (AvgIpc) is 4.22. The van der Waals surface area contributed by atoms with Gasteiger partial charge in [0, 0.05) is 60.4 Å². The van der Waals surface area contributed by atoms with Crippen molar-refractivity contribution in [2.75, 3.05) is 75.1 Å². The Morgan fingerprint density at radius 3 is 1.58 bits per heavy atom. The Morgan fingerprint density at radius 2 is 1.11 bits per heavy atom. The first-order valence-corrected chi connectivity index (χ1v) is 27.0. The van der Waals surface area contributed by atoms with Gasteiger partial charge in [0.05, 0.1) is 52.3 Å². The molecule has 12 heteroatoms. The second-order valence-corrected chi connectivity index (χ2v) is 20.6. The van der Waals surface area contributed by atoms with Crippen molar-refractivity contribution in [1.29, 1.82) is 0 Å². The molecule has 0 aliphatic carbocycles. The van der Waals surface area contributed by atoms with Crippen molar-refractivity contribution < 1.29 is 0 Å². The normalized spacial score (nSPS) is 16.2. The van der Waals surface area contributed by atoms with E-state index in [0.717, 1.165) is 65.0 Å². The number of thiophene rings is 3. The van der Waals surface area contributed by atoms with Crippen LogP contribution in [0.1, 0.15) is 131 Å². The van der Waals surface area contributed by atoms with Gasteiger partial charge < -0.3 is 30.7 Å². The highest BCUT2D eigenvalue weighted by Crippen LogP contribution is 2.46. The molecule has 9 rings (SSSR count). The van der Waals surface area contributed by atoms with E-state index in [1.165, 1.54) is 55.7 Å². The zero-order chi connectivity index (χ0) is 47.7. The second-order valence-electron chi connectivity index (χ2n) is 18.0. The largest absolute Gasteiger partial charge is 0.363 e. The molecule has 3 atom stereocenters. The molecule has 3 aliphatic rings. The molecular formula is C54H79N9S3. The molecule has 0 saturated carbocycles. The smallest absolute Gasteiger partial charge is 0.0710 e. The number of nitrogens with one attached hydrogen (secondary N) is 3. The fourth-order valence-electron chi connectivity index (χ4n) is 9.43. The van der Waals surface area contributed by atoms with Gasteiger partial charge in [0.1, 0.15) is 0 Å². The van der Waals surface area contributed by atoms with E-state index in [-0.39, 0.29) is 10.8 Å². The summed E-state index contributed by atoms with van der Waals surface area (Å²) in [4.78, 5) is 23.0. The zero-order valence-electron chi connectivity index (χ0n) is 42.0. The van der Waals surface area contributed by atoms with E-state index in [9.17, 15) is 0 Å². The van der Waals surface area contributed by atoms with Crippen molar-refractivity contribution in [1.82, 2.24) is 30.9 Å². The molecule has 3 unspecified atom stereocenters. The summed E-state index contributed by atoms with van der Waals surface area (Å²) in [5.74, 6) is 0. The Bertz CT molecular complexity index is 2150. The molecule has 3 N–H and O–H groups in total. The topological polar surface area (TPSA) is 84.5 Å². The monoisotopic (exact) mass is 950 g/mol. The molecule has 358 valence electrons. The lowest BCUT2D eigenvalue weighted by Crippen LogP contribution is -2.33. The van der Waals surface area contributed by atoms with Gasteiger partial charge in [-0.2, -0.15) is 22.7 Å². The standard InChI is InChI=1S/2C17H23N3S.C16H21N3S.2C2H6/c1-17(2)12-20(14-6-4-9-19-16(14)17)13(8-10-18-3)15-7-5-11-21-15;1-17(2)12-20(15-5-4-8-19-16(15)17)14(6-9-18-3)13-7-10-21-11-13;1-12-9-16-14(18-10-12)4-7-19(16)15(3-6-17-2)13-5-8-20-11-13;2*1-2/h4-7,9,11,13,18H,8,10,12H2,1-3H3;4-5,7-8,10-11,14,18H,6,9,12H2,1-3H3;5,8-11,15,17H,3-4,6-7H2,1-2H3;2*1-2H3. The maximum Gasteiger partial charge on any atom is 0.0710 e. The molecule has 9 heterocycles. The number of aryl methyl sites for hydroxylation is 1. The van der Waals surface area contributed by atoms with Crippen LogP contribution in [0.25, 0.3) is 0 Å². The maximum atomic E-state index is 4.65. The Labute approximate surface area is 410 Å². The number of fused-ring (bicyclic) bond motifs is 3. The number of aromatic nitrogens is 3. The number of pyridine rings is 3. The Hall–Kier alpha value is -4.17. The van der Waals surface area contributed by atoms with Crippen molar-refractivity contribution in [2.24, 2.45) is 0 Å². The molecule has 9 nitrogen and oxygen atoms in total. The average molecular weight is 950 g/mol.